The van der Waals surface area contributed by atoms with Crippen molar-refractivity contribution in [2.24, 2.45) is 0 Å². The number of halogens is 1. The van der Waals surface area contributed by atoms with E-state index in [9.17, 15) is 0 Å². The van der Waals surface area contributed by atoms with Crippen LogP contribution in [0.25, 0.3) is 0 Å². The Bertz CT molecular complexity index is 288. The molecule has 0 unspecified atom stereocenters. The Kier molecular flexibility index (Phi) is 4.00. The van der Waals surface area contributed by atoms with Gasteiger partial charge in [0.15, 0.2) is 0 Å². The fraction of sp³-hybridized carbons (Fsp3) is 0.538. The van der Waals surface area contributed by atoms with E-state index in [2.05, 4.69) is 39.8 Å². The highest BCUT2D eigenvalue weighted by atomic mass is 35.5. The van der Waals surface area contributed by atoms with Crippen LogP contribution in [-0.2, 0) is 12.8 Å². The molecule has 1 heteroatoms. The fourth-order valence-corrected chi connectivity index (χ4v) is 2.33. The van der Waals surface area contributed by atoms with Gasteiger partial charge in [0, 0.05) is 5.02 Å². The zero-order valence-electron chi connectivity index (χ0n) is 9.52. The largest absolute Gasteiger partial charge is 0.0843 e. The normalized spacial score (nSPS) is 11.0. The van der Waals surface area contributed by atoms with E-state index in [1.54, 1.807) is 0 Å². The van der Waals surface area contributed by atoms with Gasteiger partial charge in [0.1, 0.15) is 0 Å². The van der Waals surface area contributed by atoms with Crippen LogP contribution in [0, 0.1) is 0 Å². The Morgan fingerprint density at radius 2 is 1.50 bits per heavy atom. The van der Waals surface area contributed by atoms with Crippen LogP contribution in [0.3, 0.4) is 0 Å². The van der Waals surface area contributed by atoms with Crippen molar-refractivity contribution < 1.29 is 0 Å². The van der Waals surface area contributed by atoms with Gasteiger partial charge in [-0.3, -0.25) is 0 Å². The van der Waals surface area contributed by atoms with E-state index < -0.39 is 0 Å². The third kappa shape index (κ3) is 2.30. The van der Waals surface area contributed by atoms with E-state index in [0.717, 1.165) is 17.9 Å². The molecule has 0 aliphatic rings. The summed E-state index contributed by atoms with van der Waals surface area (Å²) in [6, 6.07) is 4.21. The Balaban J connectivity index is 3.33. The molecule has 0 radical (unpaired) electrons. The molecule has 0 atom stereocenters. The molecular weight excluding hydrogens is 192 g/mol. The maximum Gasteiger partial charge on any atom is 0.0411 e. The Hall–Kier alpha value is -0.490. The zero-order chi connectivity index (χ0) is 10.7. The summed E-state index contributed by atoms with van der Waals surface area (Å²) >= 11 is 6.08. The molecule has 0 nitrogen and oxygen atoms in total. The summed E-state index contributed by atoms with van der Waals surface area (Å²) in [6.45, 7) is 8.89. The minimum Gasteiger partial charge on any atom is -0.0843 e. The molecule has 78 valence electrons. The van der Waals surface area contributed by atoms with Crippen molar-refractivity contribution in [2.45, 2.75) is 46.5 Å². The van der Waals surface area contributed by atoms with Gasteiger partial charge in [0.25, 0.3) is 0 Å². The quantitative estimate of drug-likeness (QED) is 0.685. The third-order valence-corrected chi connectivity index (χ3v) is 2.87. The summed E-state index contributed by atoms with van der Waals surface area (Å²) in [4.78, 5) is 0. The number of benzene rings is 1. The lowest BCUT2D eigenvalue weighted by Crippen LogP contribution is -2.01. The van der Waals surface area contributed by atoms with Gasteiger partial charge in [0.05, 0.1) is 0 Å². The highest BCUT2D eigenvalue weighted by Crippen LogP contribution is 2.28. The van der Waals surface area contributed by atoms with E-state index in [1.165, 1.54) is 16.7 Å². The second-order valence-corrected chi connectivity index (χ2v) is 4.44. The van der Waals surface area contributed by atoms with Gasteiger partial charge in [0.2, 0.25) is 0 Å². The molecule has 0 N–H and O–H groups in total. The first kappa shape index (κ1) is 11.6. The van der Waals surface area contributed by atoms with Crippen LogP contribution in [0.4, 0.5) is 0 Å². The lowest BCUT2D eigenvalue weighted by Gasteiger charge is -2.17. The molecule has 0 spiro atoms. The molecule has 0 aliphatic heterocycles. The molecule has 0 aliphatic carbocycles. The first-order valence-corrected chi connectivity index (χ1v) is 5.79. The molecule has 0 amide bonds. The fourth-order valence-electron chi connectivity index (χ4n) is 2.06. The summed E-state index contributed by atoms with van der Waals surface area (Å²) in [7, 11) is 0. The van der Waals surface area contributed by atoms with E-state index >= 15 is 0 Å². The summed E-state index contributed by atoms with van der Waals surface area (Å²) in [6.07, 6.45) is 2.14. The van der Waals surface area contributed by atoms with Crippen molar-refractivity contribution in [3.8, 4) is 0 Å². The number of aryl methyl sites for hydroxylation is 2. The van der Waals surface area contributed by atoms with E-state index in [1.807, 2.05) is 0 Å². The molecule has 0 heterocycles. The molecule has 1 rings (SSSR count). The van der Waals surface area contributed by atoms with E-state index in [-0.39, 0.29) is 0 Å². The van der Waals surface area contributed by atoms with Gasteiger partial charge in [-0.05, 0) is 47.6 Å². The lowest BCUT2D eigenvalue weighted by molar-refractivity contribution is 0.822. The average molecular weight is 211 g/mol. The minimum absolute atomic E-state index is 0.595. The highest BCUT2D eigenvalue weighted by molar-refractivity contribution is 6.30. The first-order chi connectivity index (χ1) is 6.60. The van der Waals surface area contributed by atoms with Crippen molar-refractivity contribution in [3.63, 3.8) is 0 Å². The molecule has 1 aromatic carbocycles. The highest BCUT2D eigenvalue weighted by Gasteiger charge is 2.11. The predicted molar refractivity (Wildman–Crippen MR) is 64.3 cm³/mol. The summed E-state index contributed by atoms with van der Waals surface area (Å²) in [5, 5.41) is 0.878. The second kappa shape index (κ2) is 4.84. The first-order valence-electron chi connectivity index (χ1n) is 5.41. The van der Waals surface area contributed by atoms with Crippen molar-refractivity contribution in [1.82, 2.24) is 0 Å². The van der Waals surface area contributed by atoms with Crippen molar-refractivity contribution in [1.29, 1.82) is 0 Å². The maximum atomic E-state index is 6.08. The molecule has 1 aromatic rings. The smallest absolute Gasteiger partial charge is 0.0411 e. The Labute approximate surface area is 92.3 Å². The van der Waals surface area contributed by atoms with Gasteiger partial charge < -0.3 is 0 Å². The van der Waals surface area contributed by atoms with Crippen molar-refractivity contribution >= 4 is 11.6 Å². The van der Waals surface area contributed by atoms with Crippen LogP contribution in [0.2, 0.25) is 5.02 Å². The van der Waals surface area contributed by atoms with Gasteiger partial charge in [-0.15, -0.1) is 0 Å². The summed E-state index contributed by atoms with van der Waals surface area (Å²) in [5.74, 6) is 0.595. The Morgan fingerprint density at radius 3 is 1.79 bits per heavy atom. The third-order valence-electron chi connectivity index (χ3n) is 2.66. The van der Waals surface area contributed by atoms with Crippen LogP contribution in [0.1, 0.15) is 50.3 Å². The average Bonchev–Trinajstić information content (AvgIpc) is 2.15. The van der Waals surface area contributed by atoms with Crippen LogP contribution in [0.15, 0.2) is 12.1 Å². The number of hydrogen-bond donors (Lipinski definition) is 0. The van der Waals surface area contributed by atoms with Crippen LogP contribution in [0.5, 0.6) is 0 Å². The molecule has 0 fully saturated rings. The standard InChI is InChI=1S/C13H19Cl/c1-5-10-7-12(14)8-11(6-2)13(10)9(3)4/h7-9H,5-6H2,1-4H3. The minimum atomic E-state index is 0.595. The van der Waals surface area contributed by atoms with Crippen molar-refractivity contribution in [2.75, 3.05) is 0 Å². The molecule has 0 bridgehead atoms. The van der Waals surface area contributed by atoms with Crippen LogP contribution in [-0.4, -0.2) is 0 Å². The van der Waals surface area contributed by atoms with Gasteiger partial charge >= 0.3 is 0 Å². The molecule has 0 aromatic heterocycles. The van der Waals surface area contributed by atoms with E-state index in [0.29, 0.717) is 5.92 Å². The molecule has 0 saturated carbocycles. The van der Waals surface area contributed by atoms with E-state index in [4.69, 9.17) is 11.6 Å². The number of hydrogen-bond acceptors (Lipinski definition) is 0. The van der Waals surface area contributed by atoms with Gasteiger partial charge in [-0.2, -0.15) is 0 Å². The van der Waals surface area contributed by atoms with Gasteiger partial charge in [-0.1, -0.05) is 39.3 Å². The van der Waals surface area contributed by atoms with Crippen molar-refractivity contribution in [3.05, 3.63) is 33.8 Å². The topological polar surface area (TPSA) is 0 Å². The van der Waals surface area contributed by atoms with Gasteiger partial charge in [-0.25, -0.2) is 0 Å². The Morgan fingerprint density at radius 1 is 1.07 bits per heavy atom. The zero-order valence-corrected chi connectivity index (χ0v) is 10.3. The molecule has 14 heavy (non-hydrogen) atoms. The lowest BCUT2D eigenvalue weighted by atomic mass is 9.90. The summed E-state index contributed by atoms with van der Waals surface area (Å²) in [5.41, 5.74) is 4.31. The SMILES string of the molecule is CCc1cc(Cl)cc(CC)c1C(C)C. The monoisotopic (exact) mass is 210 g/mol. The number of rotatable bonds is 3. The molecular formula is C13H19Cl. The van der Waals surface area contributed by atoms with Crippen LogP contribution >= 0.6 is 11.6 Å². The maximum absolute atomic E-state index is 6.08. The van der Waals surface area contributed by atoms with Crippen LogP contribution < -0.4 is 0 Å². The summed E-state index contributed by atoms with van der Waals surface area (Å²) < 4.78 is 0. The second-order valence-electron chi connectivity index (χ2n) is 4.00. The molecule has 0 saturated heterocycles. The predicted octanol–water partition coefficient (Wildman–Crippen LogP) is 4.59.